The van der Waals surface area contributed by atoms with Gasteiger partial charge in [0.25, 0.3) is 5.91 Å². The van der Waals surface area contributed by atoms with E-state index in [2.05, 4.69) is 20.6 Å². The van der Waals surface area contributed by atoms with E-state index >= 15 is 0 Å². The molecule has 3 N–H and O–H groups in total. The van der Waals surface area contributed by atoms with Crippen molar-refractivity contribution in [1.82, 2.24) is 25.5 Å². The maximum absolute atomic E-state index is 12.6. The minimum Gasteiger partial charge on any atom is -0.346 e. The average molecular weight is 369 g/mol. The second-order valence-corrected chi connectivity index (χ2v) is 7.35. The molecule has 4 rings (SSSR count). The molecule has 0 bridgehead atoms. The summed E-state index contributed by atoms with van der Waals surface area (Å²) in [4.78, 5) is 45.9. The van der Waals surface area contributed by atoms with Gasteiger partial charge in [0.2, 0.25) is 5.91 Å². The third-order valence-corrected chi connectivity index (χ3v) is 5.46. The lowest BCUT2D eigenvalue weighted by Crippen LogP contribution is -2.44. The van der Waals surface area contributed by atoms with Gasteiger partial charge in [-0.25, -0.2) is 9.78 Å². The van der Waals surface area contributed by atoms with Crippen molar-refractivity contribution in [3.63, 3.8) is 0 Å². The van der Waals surface area contributed by atoms with Crippen LogP contribution >= 0.6 is 0 Å². The largest absolute Gasteiger partial charge is 0.346 e. The van der Waals surface area contributed by atoms with E-state index in [0.29, 0.717) is 18.7 Å². The van der Waals surface area contributed by atoms with Gasteiger partial charge in [-0.3, -0.25) is 14.5 Å². The van der Waals surface area contributed by atoms with E-state index in [-0.39, 0.29) is 36.9 Å². The number of carbonyl (C=O) groups excluding carboxylic acids is 3. The summed E-state index contributed by atoms with van der Waals surface area (Å²) in [5, 5.41) is 5.69. The molecule has 8 nitrogen and oxygen atoms in total. The first kappa shape index (κ1) is 17.5. The quantitative estimate of drug-likeness (QED) is 0.701. The van der Waals surface area contributed by atoms with Gasteiger partial charge in [0, 0.05) is 13.0 Å². The average Bonchev–Trinajstić information content (AvgIpc) is 3.33. The Labute approximate surface area is 156 Å². The number of para-hydroxylation sites is 2. The number of rotatable bonds is 5. The first-order valence-electron chi connectivity index (χ1n) is 9.37. The van der Waals surface area contributed by atoms with E-state index in [9.17, 15) is 14.4 Å². The van der Waals surface area contributed by atoms with Crippen molar-refractivity contribution in [3.05, 3.63) is 30.1 Å². The Morgan fingerprint density at radius 3 is 2.78 bits per heavy atom. The zero-order chi connectivity index (χ0) is 19.0. The van der Waals surface area contributed by atoms with Gasteiger partial charge in [-0.1, -0.05) is 25.0 Å². The highest BCUT2D eigenvalue weighted by molar-refractivity contribution is 6.07. The molecule has 1 atom stereocenters. The highest BCUT2D eigenvalue weighted by Crippen LogP contribution is 2.35. The topological polar surface area (TPSA) is 107 Å². The molecule has 142 valence electrons. The summed E-state index contributed by atoms with van der Waals surface area (Å²) in [6, 6.07) is 6.97. The van der Waals surface area contributed by atoms with E-state index in [1.807, 2.05) is 31.2 Å². The summed E-state index contributed by atoms with van der Waals surface area (Å²) in [6.07, 6.45) is 3.32. The number of benzene rings is 1. The maximum Gasteiger partial charge on any atom is 0.325 e. The van der Waals surface area contributed by atoms with Gasteiger partial charge in [-0.05, 0) is 31.9 Å². The van der Waals surface area contributed by atoms with Crippen LogP contribution < -0.4 is 10.6 Å². The Kier molecular flexibility index (Phi) is 4.33. The number of hydrogen-bond donors (Lipinski definition) is 3. The zero-order valence-corrected chi connectivity index (χ0v) is 15.2. The van der Waals surface area contributed by atoms with Gasteiger partial charge in [0.15, 0.2) is 0 Å². The minimum atomic E-state index is -0.727. The number of fused-ring (bicyclic) bond motifs is 1. The fraction of sp³-hybridized carbons (Fsp3) is 0.474. The summed E-state index contributed by atoms with van der Waals surface area (Å²) in [5.41, 5.74) is 1.03. The lowest BCUT2D eigenvalue weighted by Gasteiger charge is -2.20. The number of aromatic nitrogens is 2. The first-order valence-corrected chi connectivity index (χ1v) is 9.37. The second kappa shape index (κ2) is 6.68. The van der Waals surface area contributed by atoms with Crippen LogP contribution in [0.5, 0.6) is 0 Å². The van der Waals surface area contributed by atoms with Gasteiger partial charge in [-0.15, -0.1) is 0 Å². The lowest BCUT2D eigenvalue weighted by molar-refractivity contribution is -0.131. The van der Waals surface area contributed by atoms with E-state index in [0.717, 1.165) is 23.9 Å². The van der Waals surface area contributed by atoms with Crippen molar-refractivity contribution in [1.29, 1.82) is 0 Å². The van der Waals surface area contributed by atoms with E-state index in [1.165, 1.54) is 4.90 Å². The van der Waals surface area contributed by atoms with Gasteiger partial charge in [0.05, 0.1) is 17.1 Å². The third-order valence-electron chi connectivity index (χ3n) is 5.46. The number of urea groups is 1. The van der Waals surface area contributed by atoms with Crippen LogP contribution in [-0.4, -0.2) is 44.8 Å². The van der Waals surface area contributed by atoms with Gasteiger partial charge in [-0.2, -0.15) is 0 Å². The molecule has 1 aromatic heterocycles. The van der Waals surface area contributed by atoms with Crippen molar-refractivity contribution >= 4 is 28.9 Å². The van der Waals surface area contributed by atoms with Crippen LogP contribution in [0.3, 0.4) is 0 Å². The molecule has 4 amide bonds. The van der Waals surface area contributed by atoms with Crippen molar-refractivity contribution in [2.75, 3.05) is 6.54 Å². The van der Waals surface area contributed by atoms with E-state index in [4.69, 9.17) is 0 Å². The highest BCUT2D eigenvalue weighted by atomic mass is 16.2. The second-order valence-electron chi connectivity index (χ2n) is 7.35. The summed E-state index contributed by atoms with van der Waals surface area (Å²) in [6.45, 7) is 1.93. The number of amides is 4. The number of imide groups is 1. The fourth-order valence-electron chi connectivity index (χ4n) is 3.97. The summed E-state index contributed by atoms with van der Waals surface area (Å²) < 4.78 is 0. The smallest absolute Gasteiger partial charge is 0.325 e. The molecule has 0 unspecified atom stereocenters. The van der Waals surface area contributed by atoms with Crippen LogP contribution in [0, 0.1) is 0 Å². The minimum absolute atomic E-state index is 0.0693. The number of nitrogens with zero attached hydrogens (tertiary/aromatic N) is 2. The fourth-order valence-corrected chi connectivity index (χ4v) is 3.97. The molecule has 27 heavy (non-hydrogen) atoms. The van der Waals surface area contributed by atoms with Crippen molar-refractivity contribution in [2.45, 2.75) is 50.6 Å². The number of imidazole rings is 1. The Balaban J connectivity index is 1.34. The van der Waals surface area contributed by atoms with Crippen LogP contribution in [0.2, 0.25) is 0 Å². The third kappa shape index (κ3) is 3.15. The van der Waals surface area contributed by atoms with Crippen molar-refractivity contribution in [3.8, 4) is 0 Å². The number of carbonyl (C=O) groups is 3. The molecule has 0 radical (unpaired) electrons. The molecule has 1 aliphatic carbocycles. The number of aromatic amines is 1. The van der Waals surface area contributed by atoms with Crippen LogP contribution in [0.1, 0.15) is 50.9 Å². The molecule has 1 aliphatic heterocycles. The highest BCUT2D eigenvalue weighted by Gasteiger charge is 2.52. The monoisotopic (exact) mass is 369 g/mol. The predicted octanol–water partition coefficient (Wildman–Crippen LogP) is 1.99. The molecular formula is C19H23N5O3. The Morgan fingerprint density at radius 2 is 2.04 bits per heavy atom. The predicted molar refractivity (Wildman–Crippen MR) is 98.7 cm³/mol. The van der Waals surface area contributed by atoms with Crippen molar-refractivity contribution < 1.29 is 14.4 Å². The van der Waals surface area contributed by atoms with Gasteiger partial charge < -0.3 is 15.6 Å². The summed E-state index contributed by atoms with van der Waals surface area (Å²) in [5.74, 6) is 0.253. The molecule has 2 fully saturated rings. The van der Waals surface area contributed by atoms with Crippen LogP contribution in [0.15, 0.2) is 24.3 Å². The standard InChI is InChI=1S/C19H23N5O3/c1-12(16-21-13-6-2-3-7-14(13)22-16)20-15(25)8-11-24-17(26)19(23-18(24)27)9-4-5-10-19/h2-3,6-7,12H,4-5,8-11H2,1H3,(H,20,25)(H,21,22)(H,23,27)/t12-/m0/s1. The molecule has 2 heterocycles. The molecule has 1 aromatic carbocycles. The number of hydrogen-bond acceptors (Lipinski definition) is 4. The Morgan fingerprint density at radius 1 is 1.30 bits per heavy atom. The summed E-state index contributed by atoms with van der Waals surface area (Å²) >= 11 is 0. The van der Waals surface area contributed by atoms with E-state index in [1.54, 1.807) is 0 Å². The van der Waals surface area contributed by atoms with Crippen LogP contribution in [-0.2, 0) is 9.59 Å². The number of nitrogens with one attached hydrogen (secondary N) is 3. The molecule has 2 aliphatic rings. The Hall–Kier alpha value is -2.90. The van der Waals surface area contributed by atoms with Gasteiger partial charge >= 0.3 is 6.03 Å². The van der Waals surface area contributed by atoms with Gasteiger partial charge in [0.1, 0.15) is 11.4 Å². The Bertz CT molecular complexity index is 867. The molecule has 1 saturated carbocycles. The number of H-pyrrole nitrogens is 1. The zero-order valence-electron chi connectivity index (χ0n) is 15.2. The first-order chi connectivity index (χ1) is 13.0. The molecule has 1 spiro atoms. The van der Waals surface area contributed by atoms with Crippen LogP contribution in [0.4, 0.5) is 4.79 Å². The van der Waals surface area contributed by atoms with Crippen molar-refractivity contribution in [2.24, 2.45) is 0 Å². The molecule has 2 aromatic rings. The van der Waals surface area contributed by atoms with Crippen LogP contribution in [0.25, 0.3) is 11.0 Å². The SMILES string of the molecule is C[C@H](NC(=O)CCN1C(=O)NC2(CCCC2)C1=O)c1nc2ccccc2[nH]1. The summed E-state index contributed by atoms with van der Waals surface area (Å²) in [7, 11) is 0. The maximum atomic E-state index is 12.6. The lowest BCUT2D eigenvalue weighted by atomic mass is 9.98. The normalized spacial score (nSPS) is 19.7. The van der Waals surface area contributed by atoms with E-state index < -0.39 is 5.54 Å². The molecule has 8 heteroatoms. The molecule has 1 saturated heterocycles. The molecular weight excluding hydrogens is 346 g/mol.